The molecular formula is C15H22N4O3. The van der Waals surface area contributed by atoms with Crippen molar-refractivity contribution in [2.75, 3.05) is 37.8 Å². The maximum atomic E-state index is 11.8. The fourth-order valence-corrected chi connectivity index (χ4v) is 1.74. The standard InChI is InChI=1S/C15H22N4O3/c1-11(20)17-12-6-4-7-13(10-12)18-15(22)14(21)16-8-5-9-19(2)3/h4,6-7,10H,5,8-9H2,1-3H3,(H,16,21)(H,17,20)(H,18,22). The SMILES string of the molecule is CC(=O)Nc1cccc(NC(=O)C(=O)NCCCN(C)C)c1. The maximum Gasteiger partial charge on any atom is 0.313 e. The van der Waals surface area contributed by atoms with Gasteiger partial charge in [-0.05, 0) is 45.3 Å². The first kappa shape index (κ1) is 17.6. The first-order valence-electron chi connectivity index (χ1n) is 7.00. The highest BCUT2D eigenvalue weighted by molar-refractivity contribution is 6.39. The predicted octanol–water partition coefficient (Wildman–Crippen LogP) is 0.651. The molecule has 0 saturated heterocycles. The highest BCUT2D eigenvalue weighted by Crippen LogP contribution is 2.14. The van der Waals surface area contributed by atoms with E-state index in [0.29, 0.717) is 17.9 Å². The number of hydrogen-bond donors (Lipinski definition) is 3. The summed E-state index contributed by atoms with van der Waals surface area (Å²) < 4.78 is 0. The van der Waals surface area contributed by atoms with Crippen LogP contribution in [0.1, 0.15) is 13.3 Å². The van der Waals surface area contributed by atoms with E-state index in [1.165, 1.54) is 6.92 Å². The minimum absolute atomic E-state index is 0.206. The molecule has 0 bridgehead atoms. The summed E-state index contributed by atoms with van der Waals surface area (Å²) in [6.45, 7) is 2.67. The zero-order chi connectivity index (χ0) is 16.5. The van der Waals surface area contributed by atoms with Gasteiger partial charge in [-0.3, -0.25) is 14.4 Å². The van der Waals surface area contributed by atoms with E-state index in [2.05, 4.69) is 16.0 Å². The predicted molar refractivity (Wildman–Crippen MR) is 85.6 cm³/mol. The number of amides is 3. The molecule has 0 saturated carbocycles. The molecule has 1 rings (SSSR count). The van der Waals surface area contributed by atoms with Crippen LogP contribution in [0.15, 0.2) is 24.3 Å². The molecule has 22 heavy (non-hydrogen) atoms. The third kappa shape index (κ3) is 6.85. The molecule has 3 N–H and O–H groups in total. The zero-order valence-electron chi connectivity index (χ0n) is 13.1. The van der Waals surface area contributed by atoms with Crippen LogP contribution in [0, 0.1) is 0 Å². The average molecular weight is 306 g/mol. The Labute approximate surface area is 130 Å². The molecule has 1 aromatic rings. The van der Waals surface area contributed by atoms with Gasteiger partial charge < -0.3 is 20.9 Å². The monoisotopic (exact) mass is 306 g/mol. The molecular weight excluding hydrogens is 284 g/mol. The lowest BCUT2D eigenvalue weighted by Crippen LogP contribution is -2.36. The Morgan fingerprint density at radius 2 is 1.68 bits per heavy atom. The molecule has 0 atom stereocenters. The van der Waals surface area contributed by atoms with Crippen LogP contribution in [0.3, 0.4) is 0 Å². The van der Waals surface area contributed by atoms with Crippen molar-refractivity contribution in [3.05, 3.63) is 24.3 Å². The number of anilines is 2. The molecule has 0 aliphatic carbocycles. The van der Waals surface area contributed by atoms with E-state index in [-0.39, 0.29) is 5.91 Å². The molecule has 0 aliphatic rings. The fourth-order valence-electron chi connectivity index (χ4n) is 1.74. The summed E-state index contributed by atoms with van der Waals surface area (Å²) in [5.41, 5.74) is 0.997. The summed E-state index contributed by atoms with van der Waals surface area (Å²) in [7, 11) is 3.88. The summed E-state index contributed by atoms with van der Waals surface area (Å²) in [6.07, 6.45) is 0.768. The first-order valence-corrected chi connectivity index (χ1v) is 7.00. The van der Waals surface area contributed by atoms with Gasteiger partial charge in [0.2, 0.25) is 5.91 Å². The number of nitrogens with zero attached hydrogens (tertiary/aromatic N) is 1. The number of benzene rings is 1. The Kier molecular flexibility index (Phi) is 7.04. The minimum atomic E-state index is -0.732. The topological polar surface area (TPSA) is 90.5 Å². The van der Waals surface area contributed by atoms with E-state index in [4.69, 9.17) is 0 Å². The number of rotatable bonds is 6. The quantitative estimate of drug-likeness (QED) is 0.532. The van der Waals surface area contributed by atoms with Crippen LogP contribution < -0.4 is 16.0 Å². The highest BCUT2D eigenvalue weighted by atomic mass is 16.2. The van der Waals surface area contributed by atoms with E-state index in [9.17, 15) is 14.4 Å². The molecule has 0 radical (unpaired) electrons. The van der Waals surface area contributed by atoms with E-state index in [1.807, 2.05) is 19.0 Å². The summed E-state index contributed by atoms with van der Waals surface area (Å²) in [4.78, 5) is 36.4. The van der Waals surface area contributed by atoms with Gasteiger partial charge in [-0.1, -0.05) is 6.07 Å². The van der Waals surface area contributed by atoms with Crippen LogP contribution in [0.4, 0.5) is 11.4 Å². The van der Waals surface area contributed by atoms with Crippen LogP contribution in [-0.2, 0) is 14.4 Å². The van der Waals surface area contributed by atoms with Crippen molar-refractivity contribution in [2.45, 2.75) is 13.3 Å². The highest BCUT2D eigenvalue weighted by Gasteiger charge is 2.13. The van der Waals surface area contributed by atoms with Crippen LogP contribution in [-0.4, -0.2) is 49.8 Å². The van der Waals surface area contributed by atoms with E-state index >= 15 is 0 Å². The molecule has 0 heterocycles. The van der Waals surface area contributed by atoms with Crippen molar-refractivity contribution in [3.8, 4) is 0 Å². The van der Waals surface area contributed by atoms with Gasteiger partial charge in [-0.15, -0.1) is 0 Å². The van der Waals surface area contributed by atoms with Gasteiger partial charge in [0.1, 0.15) is 0 Å². The van der Waals surface area contributed by atoms with E-state index < -0.39 is 11.8 Å². The first-order chi connectivity index (χ1) is 10.4. The summed E-state index contributed by atoms with van der Waals surface area (Å²) in [5.74, 6) is -1.62. The van der Waals surface area contributed by atoms with E-state index in [1.54, 1.807) is 24.3 Å². The van der Waals surface area contributed by atoms with Crippen LogP contribution in [0.2, 0.25) is 0 Å². The van der Waals surface area contributed by atoms with Crippen molar-refractivity contribution >= 4 is 29.1 Å². The van der Waals surface area contributed by atoms with E-state index in [0.717, 1.165) is 13.0 Å². The molecule has 0 fully saturated rings. The Morgan fingerprint density at radius 1 is 1.05 bits per heavy atom. The molecule has 120 valence electrons. The van der Waals surface area contributed by atoms with Gasteiger partial charge in [0.25, 0.3) is 0 Å². The lowest BCUT2D eigenvalue weighted by molar-refractivity contribution is -0.136. The Balaban J connectivity index is 2.46. The van der Waals surface area contributed by atoms with Crippen molar-refractivity contribution in [1.29, 1.82) is 0 Å². The van der Waals surface area contributed by atoms with Crippen molar-refractivity contribution in [1.82, 2.24) is 10.2 Å². The Bertz CT molecular complexity index is 543. The van der Waals surface area contributed by atoms with Crippen LogP contribution in [0.25, 0.3) is 0 Å². The minimum Gasteiger partial charge on any atom is -0.348 e. The third-order valence-electron chi connectivity index (χ3n) is 2.71. The largest absolute Gasteiger partial charge is 0.348 e. The van der Waals surface area contributed by atoms with Crippen molar-refractivity contribution in [2.24, 2.45) is 0 Å². The average Bonchev–Trinajstić information content (AvgIpc) is 2.42. The van der Waals surface area contributed by atoms with Gasteiger partial charge in [0.05, 0.1) is 0 Å². The Hall–Kier alpha value is -2.41. The number of carbonyl (C=O) groups is 3. The third-order valence-corrected chi connectivity index (χ3v) is 2.71. The maximum absolute atomic E-state index is 11.8. The number of nitrogens with one attached hydrogen (secondary N) is 3. The number of hydrogen-bond acceptors (Lipinski definition) is 4. The normalized spacial score (nSPS) is 10.2. The van der Waals surface area contributed by atoms with Gasteiger partial charge in [0.15, 0.2) is 0 Å². The lowest BCUT2D eigenvalue weighted by Gasteiger charge is -2.10. The molecule has 7 heteroatoms. The summed E-state index contributed by atoms with van der Waals surface area (Å²) >= 11 is 0. The smallest absolute Gasteiger partial charge is 0.313 e. The molecule has 1 aromatic carbocycles. The van der Waals surface area contributed by atoms with Gasteiger partial charge in [0, 0.05) is 24.8 Å². The van der Waals surface area contributed by atoms with Gasteiger partial charge in [-0.25, -0.2) is 0 Å². The zero-order valence-corrected chi connectivity index (χ0v) is 13.1. The summed E-state index contributed by atoms with van der Waals surface area (Å²) in [6, 6.07) is 6.59. The van der Waals surface area contributed by atoms with Crippen molar-refractivity contribution in [3.63, 3.8) is 0 Å². The molecule has 0 unspecified atom stereocenters. The second-order valence-electron chi connectivity index (χ2n) is 5.13. The number of carbonyl (C=O) groups excluding carboxylic acids is 3. The summed E-state index contributed by atoms with van der Waals surface area (Å²) in [5, 5.41) is 7.65. The molecule has 0 aromatic heterocycles. The van der Waals surface area contributed by atoms with Gasteiger partial charge in [-0.2, -0.15) is 0 Å². The molecule has 7 nitrogen and oxygen atoms in total. The van der Waals surface area contributed by atoms with Crippen molar-refractivity contribution < 1.29 is 14.4 Å². The molecule has 0 aliphatic heterocycles. The second-order valence-corrected chi connectivity index (χ2v) is 5.13. The second kappa shape index (κ2) is 8.78. The van der Waals surface area contributed by atoms with Crippen LogP contribution in [0.5, 0.6) is 0 Å². The van der Waals surface area contributed by atoms with Gasteiger partial charge >= 0.3 is 11.8 Å². The van der Waals surface area contributed by atoms with Crippen LogP contribution >= 0.6 is 0 Å². The molecule has 3 amide bonds. The fraction of sp³-hybridized carbons (Fsp3) is 0.400. The Morgan fingerprint density at radius 3 is 2.27 bits per heavy atom. The molecule has 0 spiro atoms. The lowest BCUT2D eigenvalue weighted by atomic mass is 10.2.